The van der Waals surface area contributed by atoms with Gasteiger partial charge < -0.3 is 9.80 Å². The second-order valence-electron chi connectivity index (χ2n) is 5.97. The van der Waals surface area contributed by atoms with Gasteiger partial charge in [0.05, 0.1) is 24.8 Å². The molecule has 0 aliphatic heterocycles. The average Bonchev–Trinajstić information content (AvgIpc) is 2.62. The maximum atomic E-state index is 4.33. The van der Waals surface area contributed by atoms with E-state index in [2.05, 4.69) is 20.0 Å². The van der Waals surface area contributed by atoms with Crippen LogP contribution in [0.15, 0.2) is 61.2 Å². The lowest BCUT2D eigenvalue weighted by Gasteiger charge is -2.11. The Morgan fingerprint density at radius 2 is 0.917 bits per heavy atom. The van der Waals surface area contributed by atoms with Crippen LogP contribution in [0.25, 0.3) is 11.6 Å². The number of anilines is 2. The van der Waals surface area contributed by atoms with Gasteiger partial charge in [-0.1, -0.05) is 0 Å². The second kappa shape index (κ2) is 6.62. The number of nitrogens with zero attached hydrogens (tertiary/aromatic N) is 6. The first kappa shape index (κ1) is 15.9. The zero-order valence-electron chi connectivity index (χ0n) is 14.5. The van der Waals surface area contributed by atoms with E-state index >= 15 is 0 Å². The summed E-state index contributed by atoms with van der Waals surface area (Å²) in [5.41, 5.74) is 2.29. The molecule has 0 unspecified atom stereocenters. The molecule has 0 saturated carbocycles. The van der Waals surface area contributed by atoms with Gasteiger partial charge in [-0.05, 0) is 0 Å². The Morgan fingerprint density at radius 1 is 0.583 bits per heavy atom. The summed E-state index contributed by atoms with van der Waals surface area (Å²) in [7, 11) is 8.08. The summed E-state index contributed by atoms with van der Waals surface area (Å²) >= 11 is 0. The highest BCUT2D eigenvalue weighted by atomic mass is 15.2. The fraction of sp³-hybridized carbons (Fsp3) is 0.222. The molecular weight excluding hydrogens is 300 g/mol. The molecule has 0 radical (unpaired) electrons. The maximum Gasteiger partial charge on any atom is 0.381 e. The molecule has 0 spiro atoms. The van der Waals surface area contributed by atoms with Crippen LogP contribution in [0.4, 0.5) is 11.4 Å². The molecule has 122 valence electrons. The van der Waals surface area contributed by atoms with Crippen molar-refractivity contribution in [2.75, 3.05) is 38.0 Å². The molecule has 24 heavy (non-hydrogen) atoms. The van der Waals surface area contributed by atoms with Crippen LogP contribution in [0.3, 0.4) is 0 Å². The highest BCUT2D eigenvalue weighted by Gasteiger charge is 2.17. The molecular formula is C18H22N6+2. The number of rotatable bonds is 4. The molecule has 0 saturated heterocycles. The Balaban J connectivity index is 1.82. The largest absolute Gasteiger partial charge is 0.381 e. The molecule has 0 amide bonds. The van der Waals surface area contributed by atoms with Crippen molar-refractivity contribution in [1.29, 1.82) is 0 Å². The first-order valence-electron chi connectivity index (χ1n) is 7.76. The van der Waals surface area contributed by atoms with E-state index in [-0.39, 0.29) is 0 Å². The zero-order valence-corrected chi connectivity index (χ0v) is 14.5. The number of pyridine rings is 2. The van der Waals surface area contributed by atoms with Crippen molar-refractivity contribution in [2.45, 2.75) is 0 Å². The summed E-state index contributed by atoms with van der Waals surface area (Å²) in [6.45, 7) is 0. The van der Waals surface area contributed by atoms with Gasteiger partial charge in [0.2, 0.25) is 0 Å². The number of hydrogen-bond donors (Lipinski definition) is 0. The first-order valence-corrected chi connectivity index (χ1v) is 7.76. The molecule has 0 aliphatic rings. The summed E-state index contributed by atoms with van der Waals surface area (Å²) in [6.07, 6.45) is 7.94. The van der Waals surface area contributed by atoms with Gasteiger partial charge in [0, 0.05) is 76.0 Å². The molecule has 0 atom stereocenters. The minimum Gasteiger partial charge on any atom is -0.377 e. The topological polar surface area (TPSA) is 40.0 Å². The molecule has 0 N–H and O–H groups in total. The lowest BCUT2D eigenvalue weighted by atomic mass is 10.3. The molecule has 6 heteroatoms. The third-order valence-corrected chi connectivity index (χ3v) is 3.82. The van der Waals surface area contributed by atoms with Crippen molar-refractivity contribution >= 4 is 11.4 Å². The summed E-state index contributed by atoms with van der Waals surface area (Å²) < 4.78 is 3.90. The molecule has 3 aromatic rings. The summed E-state index contributed by atoms with van der Waals surface area (Å²) in [5.74, 6) is 1.57. The minimum atomic E-state index is 0.787. The SMILES string of the molecule is CN(C)c1cc[n+](-c2ccc(-[n+]3ccc(N(C)C)cc3)nn2)cc1. The van der Waals surface area contributed by atoms with Crippen molar-refractivity contribution in [3.05, 3.63) is 61.2 Å². The van der Waals surface area contributed by atoms with Gasteiger partial charge in [-0.2, -0.15) is 9.13 Å². The molecule has 0 fully saturated rings. The van der Waals surface area contributed by atoms with Crippen molar-refractivity contribution in [3.8, 4) is 11.6 Å². The maximum absolute atomic E-state index is 4.33. The smallest absolute Gasteiger partial charge is 0.377 e. The average molecular weight is 322 g/mol. The van der Waals surface area contributed by atoms with Crippen LogP contribution in [0.5, 0.6) is 0 Å². The predicted octanol–water partition coefficient (Wildman–Crippen LogP) is 1.16. The molecule has 3 aromatic heterocycles. The van der Waals surface area contributed by atoms with E-state index in [0.717, 1.165) is 23.0 Å². The lowest BCUT2D eigenvalue weighted by molar-refractivity contribution is -0.605. The first-order chi connectivity index (χ1) is 11.5. The quantitative estimate of drug-likeness (QED) is 0.676. The Kier molecular flexibility index (Phi) is 4.37. The fourth-order valence-corrected chi connectivity index (χ4v) is 2.33. The van der Waals surface area contributed by atoms with Gasteiger partial charge in [-0.3, -0.25) is 0 Å². The van der Waals surface area contributed by atoms with Crippen molar-refractivity contribution in [3.63, 3.8) is 0 Å². The molecule has 0 aliphatic carbocycles. The summed E-state index contributed by atoms with van der Waals surface area (Å²) in [6, 6.07) is 12.1. The van der Waals surface area contributed by atoms with Gasteiger partial charge in [0.1, 0.15) is 0 Å². The van der Waals surface area contributed by atoms with E-state index in [4.69, 9.17) is 0 Å². The Hall–Kier alpha value is -3.02. The van der Waals surface area contributed by atoms with Crippen LogP contribution >= 0.6 is 0 Å². The third kappa shape index (κ3) is 3.32. The molecule has 6 nitrogen and oxygen atoms in total. The predicted molar refractivity (Wildman–Crippen MR) is 93.8 cm³/mol. The van der Waals surface area contributed by atoms with Gasteiger partial charge in [0.15, 0.2) is 10.2 Å². The van der Waals surface area contributed by atoms with E-state index in [1.165, 1.54) is 0 Å². The monoisotopic (exact) mass is 322 g/mol. The van der Waals surface area contributed by atoms with Crippen LogP contribution in [0.2, 0.25) is 0 Å². The lowest BCUT2D eigenvalue weighted by Crippen LogP contribution is -2.34. The standard InChI is InChI=1S/C18H22N6/c1-21(2)15-7-11-23(12-8-15)17-5-6-18(20-19-17)24-13-9-16(10-14-24)22(3)4/h5-14H,1-4H3/q+2. The summed E-state index contributed by atoms with van der Waals surface area (Å²) in [5, 5.41) is 8.65. The van der Waals surface area contributed by atoms with Gasteiger partial charge in [0.25, 0.3) is 0 Å². The van der Waals surface area contributed by atoms with Crippen LogP contribution in [0, 0.1) is 0 Å². The van der Waals surface area contributed by atoms with Crippen molar-refractivity contribution < 1.29 is 9.13 Å². The van der Waals surface area contributed by atoms with Crippen LogP contribution in [0.1, 0.15) is 0 Å². The van der Waals surface area contributed by atoms with Crippen LogP contribution in [-0.2, 0) is 0 Å². The van der Waals surface area contributed by atoms with Crippen molar-refractivity contribution in [1.82, 2.24) is 10.2 Å². The molecule has 3 heterocycles. The number of hydrogen-bond acceptors (Lipinski definition) is 4. The fourth-order valence-electron chi connectivity index (χ4n) is 2.33. The number of aromatic nitrogens is 4. The molecule has 0 bridgehead atoms. The van der Waals surface area contributed by atoms with E-state index in [9.17, 15) is 0 Å². The Morgan fingerprint density at radius 3 is 1.17 bits per heavy atom. The van der Waals surface area contributed by atoms with E-state index in [1.54, 1.807) is 0 Å². The van der Waals surface area contributed by atoms with Gasteiger partial charge in [-0.25, -0.2) is 0 Å². The van der Waals surface area contributed by atoms with Crippen molar-refractivity contribution in [2.24, 2.45) is 0 Å². The highest BCUT2D eigenvalue weighted by molar-refractivity contribution is 5.42. The van der Waals surface area contributed by atoms with Gasteiger partial charge in [-0.15, -0.1) is 0 Å². The highest BCUT2D eigenvalue weighted by Crippen LogP contribution is 2.08. The minimum absolute atomic E-state index is 0.787. The Labute approximate surface area is 142 Å². The van der Waals surface area contributed by atoms with E-state index in [0.29, 0.717) is 0 Å². The zero-order chi connectivity index (χ0) is 17.1. The Bertz CT molecular complexity index is 722. The van der Waals surface area contributed by atoms with E-state index in [1.807, 2.05) is 98.5 Å². The third-order valence-electron chi connectivity index (χ3n) is 3.82. The van der Waals surface area contributed by atoms with Crippen LogP contribution < -0.4 is 18.9 Å². The molecule has 0 aromatic carbocycles. The van der Waals surface area contributed by atoms with E-state index < -0.39 is 0 Å². The van der Waals surface area contributed by atoms with Crippen LogP contribution in [-0.4, -0.2) is 38.4 Å². The summed E-state index contributed by atoms with van der Waals surface area (Å²) in [4.78, 5) is 4.13. The molecule has 3 rings (SSSR count). The normalized spacial score (nSPS) is 10.5. The second-order valence-corrected chi connectivity index (χ2v) is 5.97. The van der Waals surface area contributed by atoms with Gasteiger partial charge >= 0.3 is 11.6 Å².